The average Bonchev–Trinajstić information content (AvgIpc) is 3.05. The maximum atomic E-state index is 12.4. The lowest BCUT2D eigenvalue weighted by atomic mass is 10.3. The first-order valence-corrected chi connectivity index (χ1v) is 6.49. The Hall–Kier alpha value is -1.93. The van der Waals surface area contributed by atoms with E-state index in [2.05, 4.69) is 0 Å². The molecule has 8 heteroatoms. The number of aliphatic hydroxyl groups excluding tert-OH is 2. The van der Waals surface area contributed by atoms with Crippen molar-refractivity contribution >= 4 is 11.6 Å². The number of likely N-dealkylation sites (tertiary alicyclic amines) is 1. The van der Waals surface area contributed by atoms with Crippen molar-refractivity contribution < 1.29 is 19.9 Å². The molecule has 1 aliphatic heterocycles. The molecule has 1 saturated carbocycles. The van der Waals surface area contributed by atoms with Gasteiger partial charge in [0.15, 0.2) is 0 Å². The number of hydrogen-bond donors (Lipinski definition) is 2. The van der Waals surface area contributed by atoms with Gasteiger partial charge in [0.05, 0.1) is 23.3 Å². The largest absolute Gasteiger partial charge is 0.388 e. The predicted octanol–water partition coefficient (Wildman–Crippen LogP) is -0.0912. The summed E-state index contributed by atoms with van der Waals surface area (Å²) in [7, 11) is 0. The van der Waals surface area contributed by atoms with Crippen LogP contribution in [-0.2, 0) is 0 Å². The number of nitro groups is 1. The van der Waals surface area contributed by atoms with Gasteiger partial charge >= 0.3 is 0 Å². The van der Waals surface area contributed by atoms with E-state index in [0.29, 0.717) is 0 Å². The zero-order valence-electron chi connectivity index (χ0n) is 10.7. The van der Waals surface area contributed by atoms with Crippen molar-refractivity contribution in [2.24, 2.45) is 0 Å². The second kappa shape index (κ2) is 4.57. The Balaban J connectivity index is 1.89. The number of hydrogen-bond acceptors (Lipinski definition) is 5. The molecule has 2 atom stereocenters. The molecule has 0 aromatic carbocycles. The molecule has 1 aromatic rings. The van der Waals surface area contributed by atoms with Gasteiger partial charge in [-0.2, -0.15) is 0 Å². The lowest BCUT2D eigenvalue weighted by Gasteiger charge is -2.16. The van der Waals surface area contributed by atoms with E-state index < -0.39 is 17.1 Å². The molecule has 0 spiro atoms. The van der Waals surface area contributed by atoms with Crippen LogP contribution < -0.4 is 0 Å². The van der Waals surface area contributed by atoms with E-state index in [1.807, 2.05) is 0 Å². The summed E-state index contributed by atoms with van der Waals surface area (Å²) >= 11 is 0. The normalized spacial score (nSPS) is 26.0. The Morgan fingerprint density at radius 2 is 1.90 bits per heavy atom. The molecule has 1 aliphatic carbocycles. The molecule has 2 N–H and O–H groups in total. The fourth-order valence-electron chi connectivity index (χ4n) is 2.49. The maximum Gasteiger partial charge on any atom is 0.287 e. The summed E-state index contributed by atoms with van der Waals surface area (Å²) in [6.45, 7) is 0.0906. The van der Waals surface area contributed by atoms with Crippen molar-refractivity contribution in [3.05, 3.63) is 28.1 Å². The third-order valence-corrected chi connectivity index (χ3v) is 3.75. The molecule has 8 nitrogen and oxygen atoms in total. The fraction of sp³-hybridized carbons (Fsp3) is 0.583. The van der Waals surface area contributed by atoms with Crippen LogP contribution >= 0.6 is 0 Å². The van der Waals surface area contributed by atoms with Gasteiger partial charge in [0.2, 0.25) is 0 Å². The van der Waals surface area contributed by atoms with Gasteiger partial charge in [0.1, 0.15) is 5.69 Å². The van der Waals surface area contributed by atoms with Crippen LogP contribution in [0.25, 0.3) is 0 Å². The predicted molar refractivity (Wildman–Crippen MR) is 67.3 cm³/mol. The number of carbonyl (C=O) groups excluding carboxylic acids is 1. The molecule has 1 saturated heterocycles. The molecule has 2 heterocycles. The van der Waals surface area contributed by atoms with E-state index in [0.717, 1.165) is 12.8 Å². The summed E-state index contributed by atoms with van der Waals surface area (Å²) in [5, 5.41) is 29.8. The minimum absolute atomic E-state index is 0.0453. The van der Waals surface area contributed by atoms with Gasteiger partial charge in [-0.25, -0.2) is 0 Å². The van der Waals surface area contributed by atoms with Gasteiger partial charge < -0.3 is 19.7 Å². The Morgan fingerprint density at radius 3 is 2.40 bits per heavy atom. The van der Waals surface area contributed by atoms with E-state index in [4.69, 9.17) is 0 Å². The van der Waals surface area contributed by atoms with Crippen LogP contribution in [0.2, 0.25) is 0 Å². The molecule has 0 radical (unpaired) electrons. The summed E-state index contributed by atoms with van der Waals surface area (Å²) in [4.78, 5) is 24.0. The number of nitrogens with zero attached hydrogens (tertiary/aromatic N) is 3. The summed E-state index contributed by atoms with van der Waals surface area (Å²) in [5.41, 5.74) is 0.140. The van der Waals surface area contributed by atoms with Gasteiger partial charge in [-0.15, -0.1) is 0 Å². The third kappa shape index (κ3) is 2.16. The summed E-state index contributed by atoms with van der Waals surface area (Å²) < 4.78 is 1.64. The molecule has 0 bridgehead atoms. The van der Waals surface area contributed by atoms with Gasteiger partial charge in [-0.05, 0) is 12.8 Å². The molecule has 1 amide bonds. The lowest BCUT2D eigenvalue weighted by molar-refractivity contribution is -0.384. The highest BCUT2D eigenvalue weighted by Gasteiger charge is 2.37. The Kier molecular flexibility index (Phi) is 2.98. The summed E-state index contributed by atoms with van der Waals surface area (Å²) in [6.07, 6.45) is 1.26. The van der Waals surface area contributed by atoms with Crippen LogP contribution in [0.4, 0.5) is 5.69 Å². The van der Waals surface area contributed by atoms with E-state index in [1.165, 1.54) is 17.2 Å². The third-order valence-electron chi connectivity index (χ3n) is 3.75. The van der Waals surface area contributed by atoms with Crippen molar-refractivity contribution in [3.8, 4) is 0 Å². The number of aromatic nitrogens is 1. The molecule has 2 fully saturated rings. The number of β-amino-alcohol motifs (C(OH)–C–C–N with tert-alkyl or cyclic N) is 2. The van der Waals surface area contributed by atoms with Crippen molar-refractivity contribution in [3.63, 3.8) is 0 Å². The molecule has 3 rings (SSSR count). The molecule has 108 valence electrons. The van der Waals surface area contributed by atoms with Crippen LogP contribution in [-0.4, -0.2) is 55.8 Å². The summed E-state index contributed by atoms with van der Waals surface area (Å²) in [6, 6.07) is 1.40. The van der Waals surface area contributed by atoms with Crippen molar-refractivity contribution in [2.75, 3.05) is 13.1 Å². The molecule has 20 heavy (non-hydrogen) atoms. The SMILES string of the molecule is O=C(c1cc([N+](=O)[O-])cn1C1CC1)N1CC(O)C(O)C1. The number of carbonyl (C=O) groups is 1. The highest BCUT2D eigenvalue weighted by Crippen LogP contribution is 2.38. The first-order valence-electron chi connectivity index (χ1n) is 6.49. The number of amides is 1. The quantitative estimate of drug-likeness (QED) is 0.594. The van der Waals surface area contributed by atoms with Gasteiger partial charge in [-0.3, -0.25) is 14.9 Å². The summed E-state index contributed by atoms with van der Waals surface area (Å²) in [5.74, 6) is -0.388. The van der Waals surface area contributed by atoms with Gasteiger partial charge in [0, 0.05) is 25.2 Å². The topological polar surface area (TPSA) is 109 Å². The van der Waals surface area contributed by atoms with Crippen LogP contribution in [0, 0.1) is 10.1 Å². The maximum absolute atomic E-state index is 12.4. The monoisotopic (exact) mass is 281 g/mol. The van der Waals surface area contributed by atoms with Crippen molar-refractivity contribution in [2.45, 2.75) is 31.1 Å². The minimum atomic E-state index is -0.960. The van der Waals surface area contributed by atoms with Gasteiger partial charge in [0.25, 0.3) is 11.6 Å². The van der Waals surface area contributed by atoms with E-state index in [9.17, 15) is 25.1 Å². The second-order valence-corrected chi connectivity index (χ2v) is 5.32. The van der Waals surface area contributed by atoms with Crippen LogP contribution in [0.15, 0.2) is 12.3 Å². The molecular formula is C12H15N3O5. The molecular weight excluding hydrogens is 266 g/mol. The second-order valence-electron chi connectivity index (χ2n) is 5.32. The highest BCUT2D eigenvalue weighted by atomic mass is 16.6. The first kappa shape index (κ1) is 13.1. The number of aliphatic hydroxyl groups is 2. The molecule has 1 aromatic heterocycles. The zero-order chi connectivity index (χ0) is 14.4. The Labute approximate surface area is 114 Å². The van der Waals surface area contributed by atoms with Crippen molar-refractivity contribution in [1.82, 2.24) is 9.47 Å². The van der Waals surface area contributed by atoms with Crippen LogP contribution in [0.5, 0.6) is 0 Å². The van der Waals surface area contributed by atoms with Crippen molar-refractivity contribution in [1.29, 1.82) is 0 Å². The van der Waals surface area contributed by atoms with E-state index in [-0.39, 0.29) is 36.4 Å². The number of rotatable bonds is 3. The van der Waals surface area contributed by atoms with E-state index >= 15 is 0 Å². The van der Waals surface area contributed by atoms with Gasteiger partial charge in [-0.1, -0.05) is 0 Å². The minimum Gasteiger partial charge on any atom is -0.388 e. The Morgan fingerprint density at radius 1 is 1.30 bits per heavy atom. The first-order chi connectivity index (χ1) is 9.47. The molecule has 2 unspecified atom stereocenters. The fourth-order valence-corrected chi connectivity index (χ4v) is 2.49. The standard InChI is InChI=1S/C12H15N3O5/c16-10-5-13(6-11(10)17)12(18)9-3-8(15(19)20)4-14(9)7-1-2-7/h3-4,7,10-11,16-17H,1-2,5-6H2. The highest BCUT2D eigenvalue weighted by molar-refractivity contribution is 5.94. The van der Waals surface area contributed by atoms with E-state index in [1.54, 1.807) is 4.57 Å². The average molecular weight is 281 g/mol. The molecule has 2 aliphatic rings. The smallest absolute Gasteiger partial charge is 0.287 e. The van der Waals surface area contributed by atoms with Crippen LogP contribution in [0.1, 0.15) is 29.4 Å². The Bertz CT molecular complexity index is 555. The lowest BCUT2D eigenvalue weighted by Crippen LogP contribution is -2.31. The van der Waals surface area contributed by atoms with Crippen LogP contribution in [0.3, 0.4) is 0 Å². The zero-order valence-corrected chi connectivity index (χ0v) is 10.7.